The maximum Gasteiger partial charge on any atom is 0.336 e. The third-order valence-corrected chi connectivity index (χ3v) is 4.68. The van der Waals surface area contributed by atoms with Gasteiger partial charge in [-0.15, -0.1) is 0 Å². The first-order valence-corrected chi connectivity index (χ1v) is 10.6. The third-order valence-electron chi connectivity index (χ3n) is 3.95. The SMILES string of the molecule is O=C(COc1cccc(Cl)c1)NN=Cc1cc(Br)ccc1OC(=O)C=Cc1ccccc1. The van der Waals surface area contributed by atoms with Gasteiger partial charge in [0.1, 0.15) is 11.5 Å². The van der Waals surface area contributed by atoms with Gasteiger partial charge in [0.25, 0.3) is 5.91 Å². The number of carbonyl (C=O) groups is 2. The van der Waals surface area contributed by atoms with Crippen molar-refractivity contribution in [3.8, 4) is 11.5 Å². The van der Waals surface area contributed by atoms with Gasteiger partial charge >= 0.3 is 5.97 Å². The van der Waals surface area contributed by atoms with Crippen molar-refractivity contribution in [1.82, 2.24) is 5.43 Å². The molecule has 0 radical (unpaired) electrons. The summed E-state index contributed by atoms with van der Waals surface area (Å²) in [6.45, 7) is -0.234. The van der Waals surface area contributed by atoms with Gasteiger partial charge in [0.15, 0.2) is 6.61 Å². The van der Waals surface area contributed by atoms with E-state index >= 15 is 0 Å². The Kier molecular flexibility index (Phi) is 8.60. The van der Waals surface area contributed by atoms with Crippen molar-refractivity contribution in [2.45, 2.75) is 0 Å². The standard InChI is InChI=1S/C24H18BrClN2O4/c25-19-10-11-22(32-24(30)12-9-17-5-2-1-3-6-17)18(13-19)15-27-28-23(29)16-31-21-8-4-7-20(26)14-21/h1-15H,16H2,(H,28,29). The fourth-order valence-electron chi connectivity index (χ4n) is 2.50. The molecule has 0 unspecified atom stereocenters. The maximum atomic E-state index is 12.2. The number of ether oxygens (including phenoxy) is 2. The molecule has 0 fully saturated rings. The van der Waals surface area contributed by atoms with Crippen molar-refractivity contribution in [2.24, 2.45) is 5.10 Å². The highest BCUT2D eigenvalue weighted by Gasteiger charge is 2.08. The van der Waals surface area contributed by atoms with Crippen LogP contribution in [0.5, 0.6) is 11.5 Å². The van der Waals surface area contributed by atoms with Crippen LogP contribution in [0.3, 0.4) is 0 Å². The lowest BCUT2D eigenvalue weighted by Gasteiger charge is -2.07. The molecule has 0 bridgehead atoms. The van der Waals surface area contributed by atoms with Gasteiger partial charge in [0.05, 0.1) is 6.21 Å². The predicted molar refractivity (Wildman–Crippen MR) is 128 cm³/mol. The van der Waals surface area contributed by atoms with Crippen LogP contribution in [0.15, 0.2) is 88.4 Å². The minimum absolute atomic E-state index is 0.234. The highest BCUT2D eigenvalue weighted by Crippen LogP contribution is 2.22. The summed E-state index contributed by atoms with van der Waals surface area (Å²) in [5.41, 5.74) is 3.74. The molecule has 0 aliphatic carbocycles. The van der Waals surface area contributed by atoms with Crippen LogP contribution in [0.25, 0.3) is 6.08 Å². The first-order valence-electron chi connectivity index (χ1n) is 9.44. The first kappa shape index (κ1) is 23.2. The van der Waals surface area contributed by atoms with Crippen molar-refractivity contribution in [3.05, 3.63) is 99.5 Å². The number of benzene rings is 3. The molecule has 3 aromatic carbocycles. The molecule has 0 heterocycles. The predicted octanol–water partition coefficient (Wildman–Crippen LogP) is 5.25. The number of nitrogens with zero attached hydrogens (tertiary/aromatic N) is 1. The lowest BCUT2D eigenvalue weighted by Crippen LogP contribution is -2.24. The van der Waals surface area contributed by atoms with E-state index in [-0.39, 0.29) is 6.61 Å². The fraction of sp³-hybridized carbons (Fsp3) is 0.0417. The van der Waals surface area contributed by atoms with E-state index in [0.29, 0.717) is 22.1 Å². The number of carbonyl (C=O) groups excluding carboxylic acids is 2. The number of nitrogens with one attached hydrogen (secondary N) is 1. The van der Waals surface area contributed by atoms with Crippen molar-refractivity contribution in [3.63, 3.8) is 0 Å². The molecule has 3 rings (SSSR count). The lowest BCUT2D eigenvalue weighted by molar-refractivity contribution is -0.129. The fourth-order valence-corrected chi connectivity index (χ4v) is 3.05. The molecule has 0 aliphatic heterocycles. The van der Waals surface area contributed by atoms with Crippen LogP contribution in [-0.2, 0) is 9.59 Å². The summed E-state index contributed by atoms with van der Waals surface area (Å²) in [5.74, 6) is -0.226. The zero-order valence-corrected chi connectivity index (χ0v) is 19.0. The summed E-state index contributed by atoms with van der Waals surface area (Å²) in [6, 6.07) is 21.2. The van der Waals surface area contributed by atoms with Gasteiger partial charge < -0.3 is 9.47 Å². The van der Waals surface area contributed by atoms with Crippen LogP contribution in [0.4, 0.5) is 0 Å². The van der Waals surface area contributed by atoms with Crippen molar-refractivity contribution < 1.29 is 19.1 Å². The van der Waals surface area contributed by atoms with Crippen molar-refractivity contribution in [1.29, 1.82) is 0 Å². The molecular formula is C24H18BrClN2O4. The monoisotopic (exact) mass is 512 g/mol. The maximum absolute atomic E-state index is 12.2. The first-order chi connectivity index (χ1) is 15.5. The number of rotatable bonds is 8. The van der Waals surface area contributed by atoms with E-state index in [4.69, 9.17) is 21.1 Å². The van der Waals surface area contributed by atoms with Crippen molar-refractivity contribution in [2.75, 3.05) is 6.61 Å². The molecule has 1 N–H and O–H groups in total. The van der Waals surface area contributed by atoms with Crippen molar-refractivity contribution >= 4 is 51.7 Å². The topological polar surface area (TPSA) is 77.0 Å². The second kappa shape index (κ2) is 11.8. The van der Waals surface area contributed by atoms with E-state index in [1.54, 1.807) is 48.5 Å². The van der Waals surface area contributed by atoms with Gasteiger partial charge in [-0.05, 0) is 48.0 Å². The zero-order chi connectivity index (χ0) is 22.8. The van der Waals surface area contributed by atoms with Gasteiger partial charge in [0, 0.05) is 21.1 Å². The Morgan fingerprint density at radius 2 is 1.84 bits per heavy atom. The van der Waals surface area contributed by atoms with Gasteiger partial charge in [-0.3, -0.25) is 4.79 Å². The lowest BCUT2D eigenvalue weighted by atomic mass is 10.2. The normalized spacial score (nSPS) is 10.9. The molecule has 0 saturated heterocycles. The van der Waals surface area contributed by atoms with E-state index < -0.39 is 11.9 Å². The molecule has 0 aliphatic rings. The van der Waals surface area contributed by atoms with Crippen LogP contribution in [0.2, 0.25) is 5.02 Å². The molecular weight excluding hydrogens is 496 g/mol. The second-order valence-electron chi connectivity index (χ2n) is 6.39. The summed E-state index contributed by atoms with van der Waals surface area (Å²) in [5, 5.41) is 4.42. The minimum Gasteiger partial charge on any atom is -0.484 e. The highest BCUT2D eigenvalue weighted by molar-refractivity contribution is 9.10. The minimum atomic E-state index is -0.537. The van der Waals surface area contributed by atoms with Gasteiger partial charge in [0.2, 0.25) is 0 Å². The quantitative estimate of drug-likeness (QED) is 0.147. The smallest absolute Gasteiger partial charge is 0.336 e. The highest BCUT2D eigenvalue weighted by atomic mass is 79.9. The molecule has 0 atom stereocenters. The molecule has 0 saturated carbocycles. The van der Waals surface area contributed by atoms with E-state index in [2.05, 4.69) is 26.5 Å². The molecule has 32 heavy (non-hydrogen) atoms. The summed E-state index contributed by atoms with van der Waals surface area (Å²) in [4.78, 5) is 24.1. The average molecular weight is 514 g/mol. The van der Waals surface area contributed by atoms with Crippen LogP contribution >= 0.6 is 27.5 Å². The van der Waals surface area contributed by atoms with Gasteiger partial charge in [-0.25, -0.2) is 10.2 Å². The summed E-state index contributed by atoms with van der Waals surface area (Å²) in [6.07, 6.45) is 4.38. The van der Waals surface area contributed by atoms with Gasteiger partial charge in [-0.1, -0.05) is 63.9 Å². The Hall–Kier alpha value is -3.42. The number of esters is 1. The molecule has 6 nitrogen and oxygen atoms in total. The third kappa shape index (κ3) is 7.68. The number of halogens is 2. The molecule has 0 aromatic heterocycles. The Morgan fingerprint density at radius 3 is 2.62 bits per heavy atom. The number of hydrogen-bond acceptors (Lipinski definition) is 5. The largest absolute Gasteiger partial charge is 0.484 e. The van der Waals surface area contributed by atoms with Crippen LogP contribution in [-0.4, -0.2) is 24.7 Å². The Bertz CT molecular complexity index is 1150. The number of hydrogen-bond donors (Lipinski definition) is 1. The van der Waals surface area contributed by atoms with E-state index in [0.717, 1.165) is 10.0 Å². The van der Waals surface area contributed by atoms with E-state index in [9.17, 15) is 9.59 Å². The Labute approximate surface area is 198 Å². The second-order valence-corrected chi connectivity index (χ2v) is 7.74. The number of amides is 1. The van der Waals surface area contributed by atoms with E-state index in [1.165, 1.54) is 12.3 Å². The molecule has 8 heteroatoms. The van der Waals surface area contributed by atoms with Gasteiger partial charge in [-0.2, -0.15) is 5.10 Å². The molecule has 0 spiro atoms. The molecule has 1 amide bonds. The average Bonchev–Trinajstić information content (AvgIpc) is 2.79. The summed E-state index contributed by atoms with van der Waals surface area (Å²) < 4.78 is 11.5. The van der Waals surface area contributed by atoms with Crippen LogP contribution in [0, 0.1) is 0 Å². The Balaban J connectivity index is 1.58. The van der Waals surface area contributed by atoms with Crippen LogP contribution < -0.4 is 14.9 Å². The Morgan fingerprint density at radius 1 is 1.03 bits per heavy atom. The summed E-state index contributed by atoms with van der Waals surface area (Å²) >= 11 is 9.25. The van der Waals surface area contributed by atoms with E-state index in [1.807, 2.05) is 30.3 Å². The molecule has 162 valence electrons. The number of hydrazone groups is 1. The van der Waals surface area contributed by atoms with Crippen LogP contribution in [0.1, 0.15) is 11.1 Å². The molecule has 3 aromatic rings. The zero-order valence-electron chi connectivity index (χ0n) is 16.7. The summed E-state index contributed by atoms with van der Waals surface area (Å²) in [7, 11) is 0.